The van der Waals surface area contributed by atoms with E-state index < -0.39 is 0 Å². The molecule has 0 aromatic heterocycles. The van der Waals surface area contributed by atoms with Crippen LogP contribution >= 0.6 is 0 Å². The summed E-state index contributed by atoms with van der Waals surface area (Å²) >= 11 is 0. The molecule has 2 unspecified atom stereocenters. The quantitative estimate of drug-likeness (QED) is 0.728. The lowest BCUT2D eigenvalue weighted by Gasteiger charge is -2.34. The van der Waals surface area contributed by atoms with Gasteiger partial charge in [-0.1, -0.05) is 39.5 Å². The van der Waals surface area contributed by atoms with Crippen LogP contribution < -0.4 is 5.32 Å². The number of methoxy groups -OCH3 is 1. The fourth-order valence-electron chi connectivity index (χ4n) is 3.17. The number of rotatable bonds is 5. The van der Waals surface area contributed by atoms with Gasteiger partial charge in [0.05, 0.1) is 6.10 Å². The third kappa shape index (κ3) is 3.74. The number of likely N-dealkylation sites (N-methyl/N-ethyl adjacent to an activating group) is 1. The Morgan fingerprint density at radius 3 is 2.00 bits per heavy atom. The summed E-state index contributed by atoms with van der Waals surface area (Å²) in [7, 11) is 3.94. The molecule has 0 spiro atoms. The van der Waals surface area contributed by atoms with Crippen molar-refractivity contribution >= 4 is 0 Å². The summed E-state index contributed by atoms with van der Waals surface area (Å²) in [5.41, 5.74) is 0. The maximum Gasteiger partial charge on any atom is 0.0749 e. The maximum atomic E-state index is 5.70. The van der Waals surface area contributed by atoms with E-state index in [4.69, 9.17) is 4.74 Å². The van der Waals surface area contributed by atoms with E-state index in [1.807, 2.05) is 7.11 Å². The van der Waals surface area contributed by atoms with Gasteiger partial charge in [-0.3, -0.25) is 0 Å². The number of hydrogen-bond acceptors (Lipinski definition) is 2. The lowest BCUT2D eigenvalue weighted by Crippen LogP contribution is -2.47. The average Bonchev–Trinajstić information content (AvgIpc) is 2.53. The van der Waals surface area contributed by atoms with Gasteiger partial charge in [0.2, 0.25) is 0 Å². The Bertz CT molecular complexity index is 174. The number of ether oxygens (including phenoxy) is 1. The predicted octanol–water partition coefficient (Wildman–Crippen LogP) is 3.22. The molecule has 2 heteroatoms. The van der Waals surface area contributed by atoms with Crippen LogP contribution in [0.5, 0.6) is 0 Å². The second-order valence-corrected chi connectivity index (χ2v) is 5.51. The highest BCUT2D eigenvalue weighted by Crippen LogP contribution is 2.29. The molecule has 0 heterocycles. The van der Waals surface area contributed by atoms with Crippen LogP contribution in [0.15, 0.2) is 0 Å². The molecule has 0 aromatic rings. The first-order valence-electron chi connectivity index (χ1n) is 6.90. The molecule has 1 fully saturated rings. The van der Waals surface area contributed by atoms with E-state index in [0.29, 0.717) is 18.1 Å². The zero-order valence-electron chi connectivity index (χ0n) is 11.5. The summed E-state index contributed by atoms with van der Waals surface area (Å²) in [6, 6.07) is 0.531. The van der Waals surface area contributed by atoms with Crippen LogP contribution in [0, 0.1) is 11.8 Å². The molecule has 2 nitrogen and oxygen atoms in total. The highest BCUT2D eigenvalue weighted by Gasteiger charge is 2.30. The summed E-state index contributed by atoms with van der Waals surface area (Å²) in [4.78, 5) is 0. The van der Waals surface area contributed by atoms with E-state index in [9.17, 15) is 0 Å². The standard InChI is InChI=1S/C14H29NO/c1-11(2)14(16-4)13(15-3)12-9-7-5-6-8-10-12/h11-15H,5-10H2,1-4H3. The minimum absolute atomic E-state index is 0.355. The summed E-state index contributed by atoms with van der Waals surface area (Å²) in [6.07, 6.45) is 8.75. The average molecular weight is 227 g/mol. The highest BCUT2D eigenvalue weighted by molar-refractivity contribution is 4.85. The Kier molecular flexibility index (Phi) is 6.37. The molecule has 1 N–H and O–H groups in total. The number of nitrogens with one attached hydrogen (secondary N) is 1. The molecule has 0 radical (unpaired) electrons. The van der Waals surface area contributed by atoms with Gasteiger partial charge in [0.25, 0.3) is 0 Å². The molecular formula is C14H29NO. The van der Waals surface area contributed by atoms with Crippen molar-refractivity contribution in [3.63, 3.8) is 0 Å². The Labute approximate surface area is 101 Å². The van der Waals surface area contributed by atoms with Gasteiger partial charge >= 0.3 is 0 Å². The van der Waals surface area contributed by atoms with Crippen molar-refractivity contribution < 1.29 is 4.74 Å². The molecule has 1 aliphatic rings. The monoisotopic (exact) mass is 227 g/mol. The van der Waals surface area contributed by atoms with E-state index in [2.05, 4.69) is 26.2 Å². The molecule has 0 bridgehead atoms. The first-order chi connectivity index (χ1) is 7.70. The van der Waals surface area contributed by atoms with Crippen LogP contribution in [0.25, 0.3) is 0 Å². The van der Waals surface area contributed by atoms with Crippen molar-refractivity contribution in [3.05, 3.63) is 0 Å². The third-order valence-corrected chi connectivity index (χ3v) is 4.02. The molecule has 16 heavy (non-hydrogen) atoms. The van der Waals surface area contributed by atoms with Gasteiger partial charge in [-0.2, -0.15) is 0 Å². The van der Waals surface area contributed by atoms with Crippen molar-refractivity contribution in [2.75, 3.05) is 14.2 Å². The molecule has 0 aliphatic heterocycles. The van der Waals surface area contributed by atoms with Crippen LogP contribution in [-0.2, 0) is 4.74 Å². The molecule has 1 rings (SSSR count). The first kappa shape index (κ1) is 14.0. The van der Waals surface area contributed by atoms with Crippen molar-refractivity contribution in [2.24, 2.45) is 11.8 Å². The van der Waals surface area contributed by atoms with Gasteiger partial charge in [-0.25, -0.2) is 0 Å². The second kappa shape index (κ2) is 7.29. The van der Waals surface area contributed by atoms with Crippen molar-refractivity contribution in [2.45, 2.75) is 64.5 Å². The van der Waals surface area contributed by atoms with E-state index in [0.717, 1.165) is 5.92 Å². The maximum absolute atomic E-state index is 5.70. The molecule has 1 aliphatic carbocycles. The fraction of sp³-hybridized carbons (Fsp3) is 1.00. The van der Waals surface area contributed by atoms with E-state index >= 15 is 0 Å². The lowest BCUT2D eigenvalue weighted by atomic mass is 9.84. The lowest BCUT2D eigenvalue weighted by molar-refractivity contribution is 0.0145. The van der Waals surface area contributed by atoms with Crippen LogP contribution in [0.1, 0.15) is 52.4 Å². The molecule has 0 aromatic carbocycles. The van der Waals surface area contributed by atoms with Gasteiger partial charge < -0.3 is 10.1 Å². The van der Waals surface area contributed by atoms with Crippen LogP contribution in [0.2, 0.25) is 0 Å². The minimum atomic E-state index is 0.355. The smallest absolute Gasteiger partial charge is 0.0749 e. The Balaban J connectivity index is 2.62. The Morgan fingerprint density at radius 1 is 1.06 bits per heavy atom. The highest BCUT2D eigenvalue weighted by atomic mass is 16.5. The molecule has 1 saturated carbocycles. The van der Waals surface area contributed by atoms with Crippen molar-refractivity contribution in [3.8, 4) is 0 Å². The zero-order chi connectivity index (χ0) is 12.0. The SMILES string of the molecule is CNC(C1CCCCCC1)C(OC)C(C)C. The van der Waals surface area contributed by atoms with Gasteiger partial charge in [0, 0.05) is 13.2 Å². The van der Waals surface area contributed by atoms with Crippen molar-refractivity contribution in [1.29, 1.82) is 0 Å². The largest absolute Gasteiger partial charge is 0.380 e. The second-order valence-electron chi connectivity index (χ2n) is 5.51. The fourth-order valence-corrected chi connectivity index (χ4v) is 3.17. The van der Waals surface area contributed by atoms with E-state index in [-0.39, 0.29) is 0 Å². The summed E-state index contributed by atoms with van der Waals surface area (Å²) < 4.78 is 5.70. The Morgan fingerprint density at radius 2 is 1.62 bits per heavy atom. The van der Waals surface area contributed by atoms with Crippen LogP contribution in [0.4, 0.5) is 0 Å². The van der Waals surface area contributed by atoms with Crippen LogP contribution in [-0.4, -0.2) is 26.3 Å². The molecular weight excluding hydrogens is 198 g/mol. The number of hydrogen-bond donors (Lipinski definition) is 1. The van der Waals surface area contributed by atoms with Gasteiger partial charge in [-0.15, -0.1) is 0 Å². The minimum Gasteiger partial charge on any atom is -0.380 e. The Hall–Kier alpha value is -0.0800. The van der Waals surface area contributed by atoms with Gasteiger partial charge in [0.1, 0.15) is 0 Å². The normalized spacial score (nSPS) is 23.1. The summed E-state index contributed by atoms with van der Waals surface area (Å²) in [6.45, 7) is 4.52. The van der Waals surface area contributed by atoms with Gasteiger partial charge in [0.15, 0.2) is 0 Å². The van der Waals surface area contributed by atoms with Crippen LogP contribution in [0.3, 0.4) is 0 Å². The zero-order valence-corrected chi connectivity index (χ0v) is 11.5. The van der Waals surface area contributed by atoms with Crippen molar-refractivity contribution in [1.82, 2.24) is 5.32 Å². The summed E-state index contributed by atoms with van der Waals surface area (Å²) in [5.74, 6) is 1.39. The van der Waals surface area contributed by atoms with E-state index in [1.165, 1.54) is 38.5 Å². The molecule has 0 amide bonds. The molecule has 2 atom stereocenters. The molecule has 96 valence electrons. The third-order valence-electron chi connectivity index (χ3n) is 4.02. The predicted molar refractivity (Wildman–Crippen MR) is 69.7 cm³/mol. The topological polar surface area (TPSA) is 21.3 Å². The van der Waals surface area contributed by atoms with E-state index in [1.54, 1.807) is 0 Å². The van der Waals surface area contributed by atoms with Gasteiger partial charge in [-0.05, 0) is 31.7 Å². The molecule has 0 saturated heterocycles. The summed E-state index contributed by atoms with van der Waals surface area (Å²) in [5, 5.41) is 3.51. The first-order valence-corrected chi connectivity index (χ1v) is 6.90.